The zero-order valence-electron chi connectivity index (χ0n) is 18.7. The van der Waals surface area contributed by atoms with E-state index in [9.17, 15) is 0 Å². The minimum absolute atomic E-state index is 0.0399. The van der Waals surface area contributed by atoms with Gasteiger partial charge in [0, 0.05) is 28.9 Å². The first-order valence-corrected chi connectivity index (χ1v) is 12.2. The van der Waals surface area contributed by atoms with E-state index in [0.717, 1.165) is 45.0 Å². The van der Waals surface area contributed by atoms with Crippen molar-refractivity contribution >= 4 is 22.7 Å². The van der Waals surface area contributed by atoms with Crippen LogP contribution in [0.15, 0.2) is 77.7 Å². The molecule has 0 radical (unpaired) electrons. The van der Waals surface area contributed by atoms with Crippen molar-refractivity contribution in [3.63, 3.8) is 0 Å². The monoisotopic (exact) mass is 458 g/mol. The lowest BCUT2D eigenvalue weighted by Gasteiger charge is -2.26. The molecule has 5 nitrogen and oxygen atoms in total. The van der Waals surface area contributed by atoms with E-state index >= 15 is 0 Å². The molecule has 0 spiro atoms. The molecule has 0 saturated carbocycles. The van der Waals surface area contributed by atoms with E-state index in [-0.39, 0.29) is 6.10 Å². The van der Waals surface area contributed by atoms with Crippen molar-refractivity contribution < 1.29 is 14.2 Å². The molecule has 4 aromatic rings. The van der Waals surface area contributed by atoms with Crippen LogP contribution in [0.3, 0.4) is 0 Å². The molecule has 0 aliphatic carbocycles. The maximum absolute atomic E-state index is 6.09. The lowest BCUT2D eigenvalue weighted by atomic mass is 10.0. The Morgan fingerprint density at radius 2 is 1.85 bits per heavy atom. The Hall–Kier alpha value is -3.22. The van der Waals surface area contributed by atoms with E-state index in [1.807, 2.05) is 36.4 Å². The molecule has 6 heteroatoms. The summed E-state index contributed by atoms with van der Waals surface area (Å²) in [5, 5.41) is 4.68. The fraction of sp³-hybridized carbons (Fsp3) is 0.222. The van der Waals surface area contributed by atoms with E-state index in [2.05, 4.69) is 48.0 Å². The molecule has 2 heterocycles. The number of nitrogens with zero attached hydrogens (tertiary/aromatic N) is 1. The number of aromatic nitrogens is 1. The summed E-state index contributed by atoms with van der Waals surface area (Å²) in [7, 11) is 1.68. The van der Waals surface area contributed by atoms with Gasteiger partial charge in [0.05, 0.1) is 18.3 Å². The summed E-state index contributed by atoms with van der Waals surface area (Å²) in [5.41, 5.74) is 4.18. The third-order valence-corrected chi connectivity index (χ3v) is 6.45. The van der Waals surface area contributed by atoms with E-state index in [1.165, 1.54) is 4.90 Å². The third kappa shape index (κ3) is 4.77. The van der Waals surface area contributed by atoms with Crippen LogP contribution in [0, 0.1) is 0 Å². The quantitative estimate of drug-likeness (QED) is 0.366. The van der Waals surface area contributed by atoms with Gasteiger partial charge in [0.2, 0.25) is 0 Å². The van der Waals surface area contributed by atoms with E-state index in [1.54, 1.807) is 18.9 Å². The van der Waals surface area contributed by atoms with Crippen LogP contribution in [-0.4, -0.2) is 37.6 Å². The van der Waals surface area contributed by atoms with Crippen LogP contribution >= 0.6 is 11.8 Å². The lowest BCUT2D eigenvalue weighted by molar-refractivity contribution is 0.0902. The van der Waals surface area contributed by atoms with Gasteiger partial charge < -0.3 is 19.5 Å². The van der Waals surface area contributed by atoms with Crippen LogP contribution in [-0.2, 0) is 6.54 Å². The number of ether oxygens (including phenoxy) is 3. The highest BCUT2D eigenvalue weighted by Gasteiger charge is 2.20. The maximum Gasteiger partial charge on any atom is 0.161 e. The van der Waals surface area contributed by atoms with Crippen LogP contribution in [0.2, 0.25) is 0 Å². The number of rotatable bonds is 7. The van der Waals surface area contributed by atoms with E-state index in [4.69, 9.17) is 19.2 Å². The fourth-order valence-corrected chi connectivity index (χ4v) is 4.42. The number of para-hydroxylation sites is 2. The van der Waals surface area contributed by atoms with Crippen molar-refractivity contribution in [2.75, 3.05) is 26.5 Å². The molecule has 1 aliphatic rings. The molecular formula is C27H26N2O3S. The van der Waals surface area contributed by atoms with Crippen molar-refractivity contribution in [2.45, 2.75) is 17.5 Å². The van der Waals surface area contributed by atoms with Crippen LogP contribution in [0.25, 0.3) is 22.2 Å². The fourth-order valence-electron chi connectivity index (χ4n) is 3.98. The molecule has 168 valence electrons. The topological polar surface area (TPSA) is 52.6 Å². The Morgan fingerprint density at radius 1 is 1.03 bits per heavy atom. The van der Waals surface area contributed by atoms with Gasteiger partial charge in [0.15, 0.2) is 11.5 Å². The smallest absolute Gasteiger partial charge is 0.161 e. The van der Waals surface area contributed by atoms with E-state index < -0.39 is 0 Å². The SMILES string of the molecule is COc1ccc(-c2nc3cc(SC)ccc3cc2CNC[C@@H]2COc3ccccc3O2)cc1. The Morgan fingerprint density at radius 3 is 2.64 bits per heavy atom. The predicted molar refractivity (Wildman–Crippen MR) is 134 cm³/mol. The number of benzene rings is 3. The van der Waals surface area contributed by atoms with Crippen LogP contribution in [0.1, 0.15) is 5.56 Å². The Labute approximate surface area is 198 Å². The van der Waals surface area contributed by atoms with Gasteiger partial charge in [-0.15, -0.1) is 11.8 Å². The Balaban J connectivity index is 1.38. The third-order valence-electron chi connectivity index (χ3n) is 5.72. The van der Waals surface area contributed by atoms with Crippen molar-refractivity contribution in [3.05, 3.63) is 78.4 Å². The summed E-state index contributed by atoms with van der Waals surface area (Å²) in [5.74, 6) is 2.43. The normalized spacial score (nSPS) is 14.9. The van der Waals surface area contributed by atoms with Gasteiger partial charge in [-0.25, -0.2) is 4.98 Å². The van der Waals surface area contributed by atoms with Gasteiger partial charge in [-0.1, -0.05) is 18.2 Å². The number of hydrogen-bond donors (Lipinski definition) is 1. The highest BCUT2D eigenvalue weighted by Crippen LogP contribution is 2.31. The van der Waals surface area contributed by atoms with Crippen molar-refractivity contribution in [2.24, 2.45) is 0 Å². The van der Waals surface area contributed by atoms with Gasteiger partial charge in [-0.3, -0.25) is 0 Å². The number of thioether (sulfide) groups is 1. The molecule has 3 aromatic carbocycles. The summed E-state index contributed by atoms with van der Waals surface area (Å²) in [6, 6.07) is 24.5. The average molecular weight is 459 g/mol. The first-order valence-electron chi connectivity index (χ1n) is 10.9. The average Bonchev–Trinajstić information content (AvgIpc) is 2.88. The molecule has 0 bridgehead atoms. The van der Waals surface area contributed by atoms with Crippen LogP contribution in [0.4, 0.5) is 0 Å². The largest absolute Gasteiger partial charge is 0.497 e. The molecule has 0 unspecified atom stereocenters. The molecule has 33 heavy (non-hydrogen) atoms. The van der Waals surface area contributed by atoms with Crippen molar-refractivity contribution in [3.8, 4) is 28.5 Å². The summed E-state index contributed by atoms with van der Waals surface area (Å²) in [6.45, 7) is 1.89. The molecule has 1 atom stereocenters. The highest BCUT2D eigenvalue weighted by molar-refractivity contribution is 7.98. The molecule has 5 rings (SSSR count). The van der Waals surface area contributed by atoms with Gasteiger partial charge >= 0.3 is 0 Å². The Bertz CT molecular complexity index is 1260. The number of methoxy groups -OCH3 is 1. The molecule has 1 aliphatic heterocycles. The molecule has 0 amide bonds. The summed E-state index contributed by atoms with van der Waals surface area (Å²) in [4.78, 5) is 6.26. The number of fused-ring (bicyclic) bond motifs is 2. The minimum atomic E-state index is -0.0399. The second-order valence-corrected chi connectivity index (χ2v) is 8.79. The molecule has 1 aromatic heterocycles. The zero-order chi connectivity index (χ0) is 22.6. The van der Waals surface area contributed by atoms with Crippen LogP contribution in [0.5, 0.6) is 17.2 Å². The number of pyridine rings is 1. The van der Waals surface area contributed by atoms with Gasteiger partial charge in [0.25, 0.3) is 0 Å². The predicted octanol–water partition coefficient (Wildman–Crippen LogP) is 5.56. The van der Waals surface area contributed by atoms with Gasteiger partial charge in [-0.2, -0.15) is 0 Å². The molecule has 0 fully saturated rings. The number of hydrogen-bond acceptors (Lipinski definition) is 6. The first kappa shape index (κ1) is 21.6. The lowest BCUT2D eigenvalue weighted by Crippen LogP contribution is -2.38. The summed E-state index contributed by atoms with van der Waals surface area (Å²) < 4.78 is 17.3. The number of nitrogens with one attached hydrogen (secondary N) is 1. The minimum Gasteiger partial charge on any atom is -0.497 e. The van der Waals surface area contributed by atoms with E-state index in [0.29, 0.717) is 19.7 Å². The van der Waals surface area contributed by atoms with Crippen LogP contribution < -0.4 is 19.5 Å². The highest BCUT2D eigenvalue weighted by atomic mass is 32.2. The molecular weight excluding hydrogens is 432 g/mol. The van der Waals surface area contributed by atoms with Gasteiger partial charge in [-0.05, 0) is 66.4 Å². The maximum atomic E-state index is 6.09. The molecule has 0 saturated heterocycles. The molecule has 1 N–H and O–H groups in total. The summed E-state index contributed by atoms with van der Waals surface area (Å²) >= 11 is 1.72. The zero-order valence-corrected chi connectivity index (χ0v) is 19.5. The summed E-state index contributed by atoms with van der Waals surface area (Å²) in [6.07, 6.45) is 2.04. The Kier molecular flexibility index (Phi) is 6.37. The van der Waals surface area contributed by atoms with Crippen molar-refractivity contribution in [1.29, 1.82) is 0 Å². The second kappa shape index (κ2) is 9.73. The second-order valence-electron chi connectivity index (χ2n) is 7.91. The van der Waals surface area contributed by atoms with Crippen molar-refractivity contribution in [1.82, 2.24) is 10.3 Å². The standard InChI is InChI=1S/C27H26N2O3S/c1-30-21-10-7-18(8-11-21)27-20(13-19-9-12-23(33-2)14-24(19)29-27)15-28-16-22-17-31-25-5-3-4-6-26(25)32-22/h3-14,22,28H,15-17H2,1-2H3/t22-/m1/s1. The van der Waals surface area contributed by atoms with Gasteiger partial charge in [0.1, 0.15) is 18.5 Å². The first-order chi connectivity index (χ1) is 16.2.